The standard InChI is InChI=1S/C24H30N2O3/c1-17-7-6-9-20(22(17)28-3)23(27)26(2)19-11-13-24(14-12-19)16-25-15-18-8-4-5-10-21(18)29-24/h4-10,19,25H,11-16H2,1-3H3. The molecule has 5 heteroatoms. The maximum atomic E-state index is 13.2. The van der Waals surface area contributed by atoms with Crippen LogP contribution in [0.25, 0.3) is 0 Å². The van der Waals surface area contributed by atoms with E-state index in [-0.39, 0.29) is 17.6 Å². The zero-order chi connectivity index (χ0) is 20.4. The van der Waals surface area contributed by atoms with E-state index < -0.39 is 0 Å². The Balaban J connectivity index is 1.46. The van der Waals surface area contributed by atoms with Gasteiger partial charge in [0.25, 0.3) is 5.91 Å². The number of aryl methyl sites for hydroxylation is 1. The average molecular weight is 395 g/mol. The van der Waals surface area contributed by atoms with E-state index in [1.165, 1.54) is 5.56 Å². The summed E-state index contributed by atoms with van der Waals surface area (Å²) in [6, 6.07) is 14.2. The summed E-state index contributed by atoms with van der Waals surface area (Å²) >= 11 is 0. The summed E-state index contributed by atoms with van der Waals surface area (Å²) in [5.41, 5.74) is 2.64. The van der Waals surface area contributed by atoms with Crippen molar-refractivity contribution < 1.29 is 14.3 Å². The number of benzene rings is 2. The number of nitrogens with zero attached hydrogens (tertiary/aromatic N) is 1. The quantitative estimate of drug-likeness (QED) is 0.857. The smallest absolute Gasteiger partial charge is 0.257 e. The number of para-hydroxylation sites is 2. The lowest BCUT2D eigenvalue weighted by molar-refractivity contribution is 0.0101. The first kappa shape index (κ1) is 19.8. The van der Waals surface area contributed by atoms with Gasteiger partial charge in [-0.15, -0.1) is 0 Å². The lowest BCUT2D eigenvalue weighted by Gasteiger charge is -2.42. The SMILES string of the molecule is COc1c(C)cccc1C(=O)N(C)C1CCC2(CC1)CNCc1ccccc1O2. The Kier molecular flexibility index (Phi) is 5.50. The molecule has 1 amide bonds. The summed E-state index contributed by atoms with van der Waals surface area (Å²) in [6.45, 7) is 3.65. The van der Waals surface area contributed by atoms with Crippen molar-refractivity contribution in [1.29, 1.82) is 0 Å². The molecule has 2 aromatic carbocycles. The highest BCUT2D eigenvalue weighted by molar-refractivity contribution is 5.97. The van der Waals surface area contributed by atoms with Gasteiger partial charge in [-0.05, 0) is 50.3 Å². The van der Waals surface area contributed by atoms with Gasteiger partial charge in [0.2, 0.25) is 0 Å². The molecule has 1 aliphatic heterocycles. The fraction of sp³-hybridized carbons (Fsp3) is 0.458. The summed E-state index contributed by atoms with van der Waals surface area (Å²) in [4.78, 5) is 15.1. The summed E-state index contributed by atoms with van der Waals surface area (Å²) in [6.07, 6.45) is 3.73. The monoisotopic (exact) mass is 394 g/mol. The van der Waals surface area contributed by atoms with Crippen molar-refractivity contribution in [2.45, 2.75) is 50.8 Å². The molecule has 2 aromatic rings. The summed E-state index contributed by atoms with van der Waals surface area (Å²) in [5, 5.41) is 3.56. The molecule has 1 N–H and O–H groups in total. The van der Waals surface area contributed by atoms with Crippen LogP contribution in [0.15, 0.2) is 42.5 Å². The van der Waals surface area contributed by atoms with Crippen molar-refractivity contribution in [3.05, 3.63) is 59.2 Å². The van der Waals surface area contributed by atoms with Gasteiger partial charge in [-0.2, -0.15) is 0 Å². The van der Waals surface area contributed by atoms with E-state index in [4.69, 9.17) is 9.47 Å². The number of rotatable bonds is 3. The van der Waals surface area contributed by atoms with Crippen molar-refractivity contribution in [2.24, 2.45) is 0 Å². The fourth-order valence-electron chi connectivity index (χ4n) is 4.69. The molecule has 29 heavy (non-hydrogen) atoms. The Labute approximate surface area is 173 Å². The van der Waals surface area contributed by atoms with Gasteiger partial charge in [0.05, 0.1) is 12.7 Å². The van der Waals surface area contributed by atoms with Crippen LogP contribution in [0.1, 0.15) is 47.2 Å². The van der Waals surface area contributed by atoms with E-state index >= 15 is 0 Å². The molecule has 154 valence electrons. The highest BCUT2D eigenvalue weighted by Gasteiger charge is 2.40. The molecule has 1 aliphatic carbocycles. The minimum Gasteiger partial charge on any atom is -0.496 e. The van der Waals surface area contributed by atoms with Crippen LogP contribution in [0.5, 0.6) is 11.5 Å². The highest BCUT2D eigenvalue weighted by atomic mass is 16.5. The van der Waals surface area contributed by atoms with E-state index in [1.54, 1.807) is 7.11 Å². The first-order chi connectivity index (χ1) is 14.0. The first-order valence-electron chi connectivity index (χ1n) is 10.4. The van der Waals surface area contributed by atoms with Crippen molar-refractivity contribution >= 4 is 5.91 Å². The van der Waals surface area contributed by atoms with Gasteiger partial charge in [-0.25, -0.2) is 0 Å². The van der Waals surface area contributed by atoms with Crippen LogP contribution >= 0.6 is 0 Å². The van der Waals surface area contributed by atoms with Crippen LogP contribution in [-0.4, -0.2) is 43.2 Å². The third kappa shape index (κ3) is 3.84. The molecule has 1 spiro atoms. The second kappa shape index (κ2) is 8.07. The largest absolute Gasteiger partial charge is 0.496 e. The number of carbonyl (C=O) groups is 1. The molecule has 0 radical (unpaired) electrons. The topological polar surface area (TPSA) is 50.8 Å². The molecular weight excluding hydrogens is 364 g/mol. The third-order valence-electron chi connectivity index (χ3n) is 6.44. The zero-order valence-electron chi connectivity index (χ0n) is 17.5. The maximum Gasteiger partial charge on any atom is 0.257 e. The number of carbonyl (C=O) groups excluding carboxylic acids is 1. The average Bonchev–Trinajstić information content (AvgIpc) is 2.92. The van der Waals surface area contributed by atoms with Crippen LogP contribution in [-0.2, 0) is 6.54 Å². The summed E-state index contributed by atoms with van der Waals surface area (Å²) in [7, 11) is 3.53. The lowest BCUT2D eigenvalue weighted by Crippen LogP contribution is -2.51. The van der Waals surface area contributed by atoms with Gasteiger partial charge in [-0.3, -0.25) is 4.79 Å². The molecule has 0 bridgehead atoms. The van der Waals surface area contributed by atoms with Gasteiger partial charge in [0.15, 0.2) is 0 Å². The number of fused-ring (bicyclic) bond motifs is 1. The molecule has 1 heterocycles. The minimum atomic E-state index is -0.186. The molecule has 5 nitrogen and oxygen atoms in total. The van der Waals surface area contributed by atoms with E-state index in [1.807, 2.05) is 43.1 Å². The van der Waals surface area contributed by atoms with Crippen LogP contribution in [0.3, 0.4) is 0 Å². The maximum absolute atomic E-state index is 13.2. The summed E-state index contributed by atoms with van der Waals surface area (Å²) in [5.74, 6) is 1.69. The Morgan fingerprint density at radius 2 is 1.93 bits per heavy atom. The number of ether oxygens (including phenoxy) is 2. The number of nitrogens with one attached hydrogen (secondary N) is 1. The van der Waals surface area contributed by atoms with Crippen molar-refractivity contribution in [2.75, 3.05) is 20.7 Å². The molecule has 0 saturated heterocycles. The molecule has 0 aromatic heterocycles. The van der Waals surface area contributed by atoms with Crippen LogP contribution < -0.4 is 14.8 Å². The number of hydrogen-bond donors (Lipinski definition) is 1. The first-order valence-corrected chi connectivity index (χ1v) is 10.4. The van der Waals surface area contributed by atoms with E-state index in [0.29, 0.717) is 11.3 Å². The second-order valence-electron chi connectivity index (χ2n) is 8.30. The zero-order valence-corrected chi connectivity index (χ0v) is 17.5. The van der Waals surface area contributed by atoms with Crippen LogP contribution in [0.4, 0.5) is 0 Å². The third-order valence-corrected chi connectivity index (χ3v) is 6.44. The summed E-state index contributed by atoms with van der Waals surface area (Å²) < 4.78 is 12.0. The van der Waals surface area contributed by atoms with Gasteiger partial charge >= 0.3 is 0 Å². The van der Waals surface area contributed by atoms with E-state index in [2.05, 4.69) is 23.5 Å². The van der Waals surface area contributed by atoms with Gasteiger partial charge in [0, 0.05) is 31.7 Å². The molecule has 0 atom stereocenters. The van der Waals surface area contributed by atoms with Gasteiger partial charge in [0.1, 0.15) is 17.1 Å². The van der Waals surface area contributed by atoms with Crippen molar-refractivity contribution in [1.82, 2.24) is 10.2 Å². The Bertz CT molecular complexity index is 887. The minimum absolute atomic E-state index is 0.0248. The number of hydrogen-bond acceptors (Lipinski definition) is 4. The fourth-order valence-corrected chi connectivity index (χ4v) is 4.69. The molecular formula is C24H30N2O3. The molecule has 2 aliphatic rings. The van der Waals surface area contributed by atoms with Crippen molar-refractivity contribution in [3.8, 4) is 11.5 Å². The number of methoxy groups -OCH3 is 1. The van der Waals surface area contributed by atoms with Gasteiger partial charge < -0.3 is 19.7 Å². The Morgan fingerprint density at radius 1 is 1.17 bits per heavy atom. The van der Waals surface area contributed by atoms with E-state index in [9.17, 15) is 4.79 Å². The lowest BCUT2D eigenvalue weighted by atomic mass is 9.81. The molecule has 1 fully saturated rings. The normalized spacial score (nSPS) is 23.6. The molecule has 4 rings (SSSR count). The number of amides is 1. The van der Waals surface area contributed by atoms with Crippen LogP contribution in [0, 0.1) is 6.92 Å². The Morgan fingerprint density at radius 3 is 2.69 bits per heavy atom. The predicted octanol–water partition coefficient (Wildman–Crippen LogP) is 3.94. The molecule has 1 saturated carbocycles. The second-order valence-corrected chi connectivity index (χ2v) is 8.30. The molecule has 0 unspecified atom stereocenters. The van der Waals surface area contributed by atoms with Crippen LogP contribution in [0.2, 0.25) is 0 Å². The predicted molar refractivity (Wildman–Crippen MR) is 114 cm³/mol. The highest BCUT2D eigenvalue weighted by Crippen LogP contribution is 2.37. The van der Waals surface area contributed by atoms with Gasteiger partial charge in [-0.1, -0.05) is 30.3 Å². The Hall–Kier alpha value is -2.53. The van der Waals surface area contributed by atoms with E-state index in [0.717, 1.165) is 50.1 Å². The van der Waals surface area contributed by atoms with Crippen molar-refractivity contribution in [3.63, 3.8) is 0 Å².